The number of ether oxygens (including phenoxy) is 2. The maximum absolute atomic E-state index is 6.31. The van der Waals surface area contributed by atoms with E-state index >= 15 is 0 Å². The first-order chi connectivity index (χ1) is 8.60. The van der Waals surface area contributed by atoms with Gasteiger partial charge in [-0.2, -0.15) is 0 Å². The molecule has 3 aliphatic rings. The van der Waals surface area contributed by atoms with E-state index in [0.29, 0.717) is 5.02 Å². The molecule has 1 aromatic rings. The largest absolute Gasteiger partial charge is 0.489 e. The summed E-state index contributed by atoms with van der Waals surface area (Å²) in [6.45, 7) is 1.49. The summed E-state index contributed by atoms with van der Waals surface area (Å²) < 4.78 is 11.8. The minimum atomic E-state index is -0.237. The van der Waals surface area contributed by atoms with Gasteiger partial charge in [-0.15, -0.1) is 0 Å². The van der Waals surface area contributed by atoms with Crippen molar-refractivity contribution in [2.45, 2.75) is 31.2 Å². The average Bonchev–Trinajstić information content (AvgIpc) is 3.24. The molecule has 1 spiro atoms. The maximum atomic E-state index is 6.31. The van der Waals surface area contributed by atoms with Gasteiger partial charge in [0.2, 0.25) is 0 Å². The van der Waals surface area contributed by atoms with Crippen molar-refractivity contribution >= 4 is 11.6 Å². The zero-order chi connectivity index (χ0) is 12.4. The Labute approximate surface area is 111 Å². The molecular formula is C14H16ClNO2. The number of hydrogen-bond acceptors (Lipinski definition) is 3. The van der Waals surface area contributed by atoms with Crippen LogP contribution in [-0.2, 0) is 5.54 Å². The molecule has 2 saturated carbocycles. The minimum Gasteiger partial charge on any atom is -0.489 e. The molecule has 4 rings (SSSR count). The summed E-state index contributed by atoms with van der Waals surface area (Å²) in [5.74, 6) is 1.56. The van der Waals surface area contributed by atoms with Crippen LogP contribution in [0.5, 0.6) is 11.5 Å². The van der Waals surface area contributed by atoms with Crippen molar-refractivity contribution in [3.63, 3.8) is 0 Å². The van der Waals surface area contributed by atoms with Crippen molar-refractivity contribution in [3.8, 4) is 11.5 Å². The quantitative estimate of drug-likeness (QED) is 0.849. The number of halogens is 1. The Bertz CT molecular complexity index is 521. The summed E-state index contributed by atoms with van der Waals surface area (Å²) in [5, 5.41) is 0.698. The van der Waals surface area contributed by atoms with Gasteiger partial charge in [-0.05, 0) is 37.3 Å². The third kappa shape index (κ3) is 1.61. The molecule has 96 valence electrons. The molecule has 0 unspecified atom stereocenters. The van der Waals surface area contributed by atoms with Gasteiger partial charge in [-0.25, -0.2) is 0 Å². The topological polar surface area (TPSA) is 44.5 Å². The summed E-state index contributed by atoms with van der Waals surface area (Å²) in [6.07, 6.45) is 4.39. The van der Waals surface area contributed by atoms with Gasteiger partial charge in [0.15, 0.2) is 11.5 Å². The first kappa shape index (κ1) is 10.9. The standard InChI is InChI=1S/C14H16ClNO2/c15-10-6-12-11(5-9(10)14(16)3-4-14)17-7-13(1-2-13)8-18-12/h5-6H,1-4,7-8,16H2. The van der Waals surface area contributed by atoms with Crippen molar-refractivity contribution < 1.29 is 9.47 Å². The van der Waals surface area contributed by atoms with Crippen LogP contribution in [-0.4, -0.2) is 13.2 Å². The van der Waals surface area contributed by atoms with Crippen molar-refractivity contribution in [2.75, 3.05) is 13.2 Å². The Hall–Kier alpha value is -0.930. The second-order valence-corrected chi connectivity index (χ2v) is 6.42. The number of hydrogen-bond donors (Lipinski definition) is 1. The summed E-state index contributed by atoms with van der Waals surface area (Å²) in [7, 11) is 0. The molecule has 0 saturated heterocycles. The van der Waals surface area contributed by atoms with E-state index in [1.54, 1.807) is 0 Å². The summed E-state index contributed by atoms with van der Waals surface area (Å²) >= 11 is 6.31. The Morgan fingerprint density at radius 2 is 1.61 bits per heavy atom. The lowest BCUT2D eigenvalue weighted by atomic mass is 10.1. The molecule has 4 heteroatoms. The molecule has 2 N–H and O–H groups in total. The molecule has 2 fully saturated rings. The predicted molar refractivity (Wildman–Crippen MR) is 69.2 cm³/mol. The molecule has 0 bridgehead atoms. The highest BCUT2D eigenvalue weighted by molar-refractivity contribution is 6.31. The highest BCUT2D eigenvalue weighted by Gasteiger charge is 2.47. The maximum Gasteiger partial charge on any atom is 0.162 e. The summed E-state index contributed by atoms with van der Waals surface area (Å²) in [6, 6.07) is 3.84. The van der Waals surface area contributed by atoms with E-state index in [2.05, 4.69) is 0 Å². The van der Waals surface area contributed by atoms with E-state index in [1.807, 2.05) is 12.1 Å². The fourth-order valence-electron chi connectivity index (χ4n) is 2.52. The van der Waals surface area contributed by atoms with E-state index in [4.69, 9.17) is 26.8 Å². The van der Waals surface area contributed by atoms with Gasteiger partial charge in [0, 0.05) is 22.0 Å². The highest BCUT2D eigenvalue weighted by Crippen LogP contribution is 2.52. The van der Waals surface area contributed by atoms with Crippen LogP contribution < -0.4 is 15.2 Å². The van der Waals surface area contributed by atoms with Gasteiger partial charge in [-0.1, -0.05) is 11.6 Å². The Kier molecular flexibility index (Phi) is 2.03. The monoisotopic (exact) mass is 265 g/mol. The first-order valence-electron chi connectivity index (χ1n) is 6.49. The fraction of sp³-hybridized carbons (Fsp3) is 0.571. The summed E-state index contributed by atoms with van der Waals surface area (Å²) in [5.41, 5.74) is 7.24. The molecular weight excluding hydrogens is 250 g/mol. The van der Waals surface area contributed by atoms with Crippen LogP contribution in [0.1, 0.15) is 31.2 Å². The van der Waals surface area contributed by atoms with E-state index < -0.39 is 0 Å². The zero-order valence-electron chi connectivity index (χ0n) is 10.2. The summed E-state index contributed by atoms with van der Waals surface area (Å²) in [4.78, 5) is 0. The van der Waals surface area contributed by atoms with Crippen LogP contribution in [0.4, 0.5) is 0 Å². The van der Waals surface area contributed by atoms with E-state index in [1.165, 1.54) is 12.8 Å². The molecule has 1 heterocycles. The van der Waals surface area contributed by atoms with Crippen LogP contribution >= 0.6 is 11.6 Å². The van der Waals surface area contributed by atoms with Crippen LogP contribution in [0, 0.1) is 5.41 Å². The normalized spacial score (nSPS) is 25.7. The van der Waals surface area contributed by atoms with Crippen molar-refractivity contribution in [1.29, 1.82) is 0 Å². The second kappa shape index (κ2) is 3.34. The third-order valence-electron chi connectivity index (χ3n) is 4.38. The van der Waals surface area contributed by atoms with Crippen molar-refractivity contribution in [3.05, 3.63) is 22.7 Å². The molecule has 0 radical (unpaired) electrons. The molecule has 0 atom stereocenters. The van der Waals surface area contributed by atoms with E-state index in [0.717, 1.165) is 43.1 Å². The minimum absolute atomic E-state index is 0.237. The molecule has 0 aromatic heterocycles. The van der Waals surface area contributed by atoms with Crippen LogP contribution in [0.25, 0.3) is 0 Å². The van der Waals surface area contributed by atoms with Crippen LogP contribution in [0.2, 0.25) is 5.02 Å². The third-order valence-corrected chi connectivity index (χ3v) is 4.70. The Morgan fingerprint density at radius 1 is 1.00 bits per heavy atom. The van der Waals surface area contributed by atoms with Gasteiger partial charge in [0.25, 0.3) is 0 Å². The lowest BCUT2D eigenvalue weighted by Gasteiger charge is -2.15. The van der Waals surface area contributed by atoms with Crippen molar-refractivity contribution in [1.82, 2.24) is 0 Å². The lowest BCUT2D eigenvalue weighted by Crippen LogP contribution is -2.19. The van der Waals surface area contributed by atoms with Gasteiger partial charge >= 0.3 is 0 Å². The number of rotatable bonds is 1. The Morgan fingerprint density at radius 3 is 2.17 bits per heavy atom. The first-order valence-corrected chi connectivity index (χ1v) is 6.87. The lowest BCUT2D eigenvalue weighted by molar-refractivity contribution is 0.197. The second-order valence-electron chi connectivity index (χ2n) is 6.01. The SMILES string of the molecule is NC1(c2cc3c(cc2Cl)OCC2(CC2)CO3)CC1. The number of fused-ring (bicyclic) bond motifs is 1. The predicted octanol–water partition coefficient (Wildman–Crippen LogP) is 2.84. The molecule has 1 aliphatic heterocycles. The van der Waals surface area contributed by atoms with Crippen molar-refractivity contribution in [2.24, 2.45) is 11.1 Å². The zero-order valence-corrected chi connectivity index (χ0v) is 10.9. The van der Waals surface area contributed by atoms with Gasteiger partial charge in [0.05, 0.1) is 13.2 Å². The van der Waals surface area contributed by atoms with Gasteiger partial charge < -0.3 is 15.2 Å². The highest BCUT2D eigenvalue weighted by atomic mass is 35.5. The van der Waals surface area contributed by atoms with Gasteiger partial charge in [-0.3, -0.25) is 0 Å². The molecule has 3 nitrogen and oxygen atoms in total. The van der Waals surface area contributed by atoms with E-state index in [9.17, 15) is 0 Å². The number of benzene rings is 1. The molecule has 1 aromatic carbocycles. The molecule has 0 amide bonds. The molecule has 18 heavy (non-hydrogen) atoms. The fourth-order valence-corrected chi connectivity index (χ4v) is 2.86. The van der Waals surface area contributed by atoms with E-state index in [-0.39, 0.29) is 11.0 Å². The van der Waals surface area contributed by atoms with Gasteiger partial charge in [0.1, 0.15) is 0 Å². The average molecular weight is 266 g/mol. The molecule has 2 aliphatic carbocycles. The van der Waals surface area contributed by atoms with Crippen LogP contribution in [0.3, 0.4) is 0 Å². The Balaban J connectivity index is 1.73. The number of nitrogens with two attached hydrogens (primary N) is 1. The smallest absolute Gasteiger partial charge is 0.162 e. The van der Waals surface area contributed by atoms with Crippen LogP contribution in [0.15, 0.2) is 12.1 Å².